The fourth-order valence-electron chi connectivity index (χ4n) is 2.36. The van der Waals surface area contributed by atoms with Crippen LogP contribution < -0.4 is 11.1 Å². The number of nitrogen functional groups attached to an aromatic ring is 1. The van der Waals surface area contributed by atoms with E-state index in [1.54, 1.807) is 24.3 Å². The first-order chi connectivity index (χ1) is 9.97. The summed E-state index contributed by atoms with van der Waals surface area (Å²) in [6, 6.07) is 5.97. The third kappa shape index (κ3) is 3.71. The van der Waals surface area contributed by atoms with Crippen LogP contribution >= 0.6 is 0 Å². The molecular weight excluding hydrogens is 274 g/mol. The standard InChI is InChI=1S/C14H17N3O4/c15-10-3-1-2-9(6-10)7-12(18)17-5-4-16-14(21)11(17)8-13(19)20/h1-3,6,11H,4-5,7-8,15H2,(H,16,21)(H,19,20). The number of nitrogens with two attached hydrogens (primary N) is 1. The van der Waals surface area contributed by atoms with E-state index in [0.717, 1.165) is 5.56 Å². The zero-order chi connectivity index (χ0) is 15.4. The predicted octanol–water partition coefficient (Wildman–Crippen LogP) is -0.387. The first-order valence-electron chi connectivity index (χ1n) is 6.61. The lowest BCUT2D eigenvalue weighted by molar-refractivity contribution is -0.148. The summed E-state index contributed by atoms with van der Waals surface area (Å²) in [5, 5.41) is 11.5. The average Bonchev–Trinajstić information content (AvgIpc) is 2.40. The number of hydrogen-bond acceptors (Lipinski definition) is 4. The molecule has 0 radical (unpaired) electrons. The number of carbonyl (C=O) groups excluding carboxylic acids is 2. The van der Waals surface area contributed by atoms with Crippen LogP contribution in [0.25, 0.3) is 0 Å². The van der Waals surface area contributed by atoms with E-state index in [-0.39, 0.29) is 12.3 Å². The van der Waals surface area contributed by atoms with Gasteiger partial charge in [0.2, 0.25) is 11.8 Å². The maximum Gasteiger partial charge on any atom is 0.305 e. The van der Waals surface area contributed by atoms with E-state index in [9.17, 15) is 14.4 Å². The molecule has 1 saturated heterocycles. The Morgan fingerprint density at radius 3 is 2.86 bits per heavy atom. The number of amides is 2. The highest BCUT2D eigenvalue weighted by atomic mass is 16.4. The van der Waals surface area contributed by atoms with E-state index in [0.29, 0.717) is 18.8 Å². The van der Waals surface area contributed by atoms with Crippen molar-refractivity contribution in [1.29, 1.82) is 0 Å². The number of benzene rings is 1. The van der Waals surface area contributed by atoms with Gasteiger partial charge in [-0.25, -0.2) is 0 Å². The third-order valence-electron chi connectivity index (χ3n) is 3.33. The van der Waals surface area contributed by atoms with Gasteiger partial charge in [0.25, 0.3) is 0 Å². The monoisotopic (exact) mass is 291 g/mol. The Morgan fingerprint density at radius 1 is 1.43 bits per heavy atom. The molecule has 2 amide bonds. The van der Waals surface area contributed by atoms with Gasteiger partial charge in [0.15, 0.2) is 0 Å². The quantitative estimate of drug-likeness (QED) is 0.654. The Labute approximate surface area is 121 Å². The number of rotatable bonds is 4. The number of carboxylic acid groups (broad SMARTS) is 1. The van der Waals surface area contributed by atoms with Gasteiger partial charge in [0.05, 0.1) is 12.8 Å². The number of piperazine rings is 1. The van der Waals surface area contributed by atoms with Gasteiger partial charge >= 0.3 is 5.97 Å². The number of nitrogens with zero attached hydrogens (tertiary/aromatic N) is 1. The van der Waals surface area contributed by atoms with Crippen LogP contribution in [0.2, 0.25) is 0 Å². The van der Waals surface area contributed by atoms with Crippen LogP contribution in [0.15, 0.2) is 24.3 Å². The molecule has 1 aromatic carbocycles. The molecule has 1 aliphatic heterocycles. The molecule has 7 nitrogen and oxygen atoms in total. The van der Waals surface area contributed by atoms with Gasteiger partial charge in [-0.05, 0) is 17.7 Å². The summed E-state index contributed by atoms with van der Waals surface area (Å²) in [4.78, 5) is 36.3. The summed E-state index contributed by atoms with van der Waals surface area (Å²) in [5.74, 6) is -1.81. The van der Waals surface area contributed by atoms with E-state index >= 15 is 0 Å². The maximum atomic E-state index is 12.3. The van der Waals surface area contributed by atoms with Crippen molar-refractivity contribution in [3.63, 3.8) is 0 Å². The van der Waals surface area contributed by atoms with Gasteiger partial charge in [0.1, 0.15) is 6.04 Å². The van der Waals surface area contributed by atoms with Crippen LogP contribution in [-0.4, -0.2) is 46.9 Å². The highest BCUT2D eigenvalue weighted by Gasteiger charge is 2.34. The summed E-state index contributed by atoms with van der Waals surface area (Å²) in [6.07, 6.45) is -0.303. The molecule has 21 heavy (non-hydrogen) atoms. The molecule has 1 unspecified atom stereocenters. The zero-order valence-electron chi connectivity index (χ0n) is 11.4. The van der Waals surface area contributed by atoms with Gasteiger partial charge in [-0.15, -0.1) is 0 Å². The minimum absolute atomic E-state index is 0.0917. The molecule has 112 valence electrons. The molecular formula is C14H17N3O4. The van der Waals surface area contributed by atoms with Crippen LogP contribution in [0.1, 0.15) is 12.0 Å². The molecule has 0 bridgehead atoms. The van der Waals surface area contributed by atoms with Crippen molar-refractivity contribution >= 4 is 23.5 Å². The molecule has 0 aliphatic carbocycles. The van der Waals surface area contributed by atoms with E-state index < -0.39 is 24.3 Å². The van der Waals surface area contributed by atoms with Crippen LogP contribution in [0.5, 0.6) is 0 Å². The summed E-state index contributed by atoms with van der Waals surface area (Å²) in [6.45, 7) is 0.641. The van der Waals surface area contributed by atoms with Crippen molar-refractivity contribution in [3.05, 3.63) is 29.8 Å². The van der Waals surface area contributed by atoms with Gasteiger partial charge < -0.3 is 21.1 Å². The van der Waals surface area contributed by atoms with E-state index in [4.69, 9.17) is 10.8 Å². The van der Waals surface area contributed by atoms with Crippen molar-refractivity contribution in [1.82, 2.24) is 10.2 Å². The number of nitrogens with one attached hydrogen (secondary N) is 1. The summed E-state index contributed by atoms with van der Waals surface area (Å²) in [5.41, 5.74) is 6.95. The highest BCUT2D eigenvalue weighted by molar-refractivity contribution is 5.92. The topological polar surface area (TPSA) is 113 Å². The molecule has 2 rings (SSSR count). The second-order valence-corrected chi connectivity index (χ2v) is 4.91. The summed E-state index contributed by atoms with van der Waals surface area (Å²) < 4.78 is 0. The summed E-state index contributed by atoms with van der Waals surface area (Å²) in [7, 11) is 0. The molecule has 0 saturated carbocycles. The van der Waals surface area contributed by atoms with Crippen molar-refractivity contribution in [3.8, 4) is 0 Å². The molecule has 1 heterocycles. The molecule has 7 heteroatoms. The first kappa shape index (κ1) is 14.8. The van der Waals surface area contributed by atoms with Crippen molar-refractivity contribution in [2.24, 2.45) is 0 Å². The number of hydrogen-bond donors (Lipinski definition) is 3. The van der Waals surface area contributed by atoms with Crippen molar-refractivity contribution in [2.45, 2.75) is 18.9 Å². The SMILES string of the molecule is Nc1cccc(CC(=O)N2CCNC(=O)C2CC(=O)O)c1. The lowest BCUT2D eigenvalue weighted by Crippen LogP contribution is -2.58. The molecule has 1 aromatic rings. The number of aliphatic carboxylic acids is 1. The molecule has 0 aromatic heterocycles. The Hall–Kier alpha value is -2.57. The highest BCUT2D eigenvalue weighted by Crippen LogP contribution is 2.13. The second kappa shape index (κ2) is 6.25. The summed E-state index contributed by atoms with van der Waals surface area (Å²) >= 11 is 0. The molecule has 1 aliphatic rings. The van der Waals surface area contributed by atoms with Crippen molar-refractivity contribution < 1.29 is 19.5 Å². The number of carboxylic acids is 1. The fraction of sp³-hybridized carbons (Fsp3) is 0.357. The van der Waals surface area contributed by atoms with Crippen molar-refractivity contribution in [2.75, 3.05) is 18.8 Å². The zero-order valence-corrected chi connectivity index (χ0v) is 11.4. The van der Waals surface area contributed by atoms with Crippen LogP contribution in [-0.2, 0) is 20.8 Å². The molecule has 1 atom stereocenters. The number of carbonyl (C=O) groups is 3. The van der Waals surface area contributed by atoms with E-state index in [2.05, 4.69) is 5.32 Å². The minimum atomic E-state index is -1.11. The van der Waals surface area contributed by atoms with E-state index in [1.165, 1.54) is 4.90 Å². The Balaban J connectivity index is 2.11. The predicted molar refractivity (Wildman–Crippen MR) is 75.3 cm³/mol. The lowest BCUT2D eigenvalue weighted by Gasteiger charge is -2.34. The van der Waals surface area contributed by atoms with Crippen LogP contribution in [0.4, 0.5) is 5.69 Å². The molecule has 1 fully saturated rings. The molecule has 0 spiro atoms. The Bertz CT molecular complexity index is 573. The van der Waals surface area contributed by atoms with E-state index in [1.807, 2.05) is 0 Å². The van der Waals surface area contributed by atoms with Gasteiger partial charge in [-0.3, -0.25) is 14.4 Å². The second-order valence-electron chi connectivity index (χ2n) is 4.91. The minimum Gasteiger partial charge on any atom is -0.481 e. The van der Waals surface area contributed by atoms with Gasteiger partial charge in [0, 0.05) is 18.8 Å². The van der Waals surface area contributed by atoms with Crippen LogP contribution in [0, 0.1) is 0 Å². The Morgan fingerprint density at radius 2 is 2.19 bits per heavy atom. The van der Waals surface area contributed by atoms with Gasteiger partial charge in [-0.1, -0.05) is 12.1 Å². The normalized spacial score (nSPS) is 18.2. The smallest absolute Gasteiger partial charge is 0.305 e. The van der Waals surface area contributed by atoms with Gasteiger partial charge in [-0.2, -0.15) is 0 Å². The third-order valence-corrected chi connectivity index (χ3v) is 3.33. The first-order valence-corrected chi connectivity index (χ1v) is 6.61. The maximum absolute atomic E-state index is 12.3. The Kier molecular flexibility index (Phi) is 4.42. The largest absolute Gasteiger partial charge is 0.481 e. The fourth-order valence-corrected chi connectivity index (χ4v) is 2.36. The van der Waals surface area contributed by atoms with Crippen LogP contribution in [0.3, 0.4) is 0 Å². The average molecular weight is 291 g/mol. The number of anilines is 1. The lowest BCUT2D eigenvalue weighted by atomic mass is 10.1. The molecule has 4 N–H and O–H groups in total.